The molecule has 4 amide bonds. The molecule has 4 N–H and O–H groups in total. The van der Waals surface area contributed by atoms with Crippen molar-refractivity contribution in [2.75, 3.05) is 6.54 Å². The first-order valence-corrected chi connectivity index (χ1v) is 11.9. The number of hydrogen-bond donors (Lipinski definition) is 4. The Labute approximate surface area is 196 Å². The van der Waals surface area contributed by atoms with Gasteiger partial charge in [0.25, 0.3) is 5.91 Å². The molecule has 1 fully saturated rings. The van der Waals surface area contributed by atoms with Crippen LogP contribution in [0.4, 0.5) is 0 Å². The number of nitrogens with one attached hydrogen (secondary N) is 4. The quantitative estimate of drug-likeness (QED) is 0.318. The van der Waals surface area contributed by atoms with E-state index in [1.165, 1.54) is 13.0 Å². The molecule has 1 unspecified atom stereocenters. The van der Waals surface area contributed by atoms with Crippen LogP contribution in [0, 0.1) is 11.8 Å². The summed E-state index contributed by atoms with van der Waals surface area (Å²) in [5.74, 6) is -2.39. The average molecular weight is 465 g/mol. The zero-order chi connectivity index (χ0) is 25.0. The van der Waals surface area contributed by atoms with Crippen LogP contribution in [0.3, 0.4) is 0 Å². The normalized spacial score (nSPS) is 24.2. The highest BCUT2D eigenvalue weighted by atomic mass is 16.2. The fourth-order valence-corrected chi connectivity index (χ4v) is 3.41. The third-order valence-electron chi connectivity index (χ3n) is 5.70. The van der Waals surface area contributed by atoms with Crippen LogP contribution in [0.15, 0.2) is 12.2 Å². The van der Waals surface area contributed by atoms with Gasteiger partial charge in [-0.25, -0.2) is 0 Å². The topological polar surface area (TPSA) is 133 Å². The van der Waals surface area contributed by atoms with Gasteiger partial charge in [0.05, 0.1) is 6.04 Å². The molecule has 0 aliphatic carbocycles. The number of hydrogen-bond acceptors (Lipinski definition) is 5. The SMILES string of the molecule is CCC(C)CC/C=C/C(=O)N[C@H]1CCCNC(=O)[C@H](CC(C)C)NC(=O)C(=O)[C@H](C)NC1=O. The number of Topliss-reactive ketones (excluding diaryl/α,β-unsaturated/α-hetero) is 1. The van der Waals surface area contributed by atoms with Crippen molar-refractivity contribution < 1.29 is 24.0 Å². The summed E-state index contributed by atoms with van der Waals surface area (Å²) in [6.07, 6.45) is 7.11. The summed E-state index contributed by atoms with van der Waals surface area (Å²) in [5.41, 5.74) is 0. The fourth-order valence-electron chi connectivity index (χ4n) is 3.41. The Bertz CT molecular complexity index is 734. The van der Waals surface area contributed by atoms with Crippen molar-refractivity contribution in [3.05, 3.63) is 12.2 Å². The first-order valence-electron chi connectivity index (χ1n) is 11.9. The monoisotopic (exact) mass is 464 g/mol. The number of allylic oxidation sites excluding steroid dienone is 1. The molecule has 1 aliphatic heterocycles. The van der Waals surface area contributed by atoms with Gasteiger partial charge in [0.15, 0.2) is 0 Å². The van der Waals surface area contributed by atoms with Crippen molar-refractivity contribution in [3.63, 3.8) is 0 Å². The molecule has 186 valence electrons. The van der Waals surface area contributed by atoms with Crippen LogP contribution in [0.25, 0.3) is 0 Å². The van der Waals surface area contributed by atoms with Crippen LogP contribution < -0.4 is 21.3 Å². The molecule has 1 rings (SSSR count). The lowest BCUT2D eigenvalue weighted by Crippen LogP contribution is -2.54. The second-order valence-corrected chi connectivity index (χ2v) is 9.24. The van der Waals surface area contributed by atoms with Crippen LogP contribution >= 0.6 is 0 Å². The predicted molar refractivity (Wildman–Crippen MR) is 126 cm³/mol. The van der Waals surface area contributed by atoms with Gasteiger partial charge in [0.2, 0.25) is 23.5 Å². The van der Waals surface area contributed by atoms with Gasteiger partial charge in [-0.2, -0.15) is 0 Å². The minimum atomic E-state index is -1.09. The summed E-state index contributed by atoms with van der Waals surface area (Å²) in [4.78, 5) is 62.4. The molecule has 0 saturated carbocycles. The van der Waals surface area contributed by atoms with E-state index in [2.05, 4.69) is 35.1 Å². The molecule has 4 atom stereocenters. The predicted octanol–water partition coefficient (Wildman–Crippen LogP) is 1.37. The van der Waals surface area contributed by atoms with Crippen molar-refractivity contribution in [2.24, 2.45) is 11.8 Å². The van der Waals surface area contributed by atoms with E-state index in [1.807, 2.05) is 13.8 Å². The first-order chi connectivity index (χ1) is 15.5. The molecule has 0 aromatic rings. The van der Waals surface area contributed by atoms with Crippen molar-refractivity contribution in [2.45, 2.75) is 91.3 Å². The fraction of sp³-hybridized carbons (Fsp3) is 0.708. The summed E-state index contributed by atoms with van der Waals surface area (Å²) in [6, 6.07) is -2.81. The Hall–Kier alpha value is -2.71. The minimum Gasteiger partial charge on any atom is -0.354 e. The lowest BCUT2D eigenvalue weighted by atomic mass is 10.0. The molecule has 9 heteroatoms. The van der Waals surface area contributed by atoms with Crippen LogP contribution in [-0.2, 0) is 24.0 Å². The Morgan fingerprint density at radius 2 is 1.82 bits per heavy atom. The van der Waals surface area contributed by atoms with E-state index in [0.717, 1.165) is 19.3 Å². The third kappa shape index (κ3) is 10.6. The molecule has 1 aliphatic rings. The molecule has 1 heterocycles. The van der Waals surface area contributed by atoms with E-state index in [4.69, 9.17) is 0 Å². The van der Waals surface area contributed by atoms with Crippen LogP contribution in [0.2, 0.25) is 0 Å². The molecule has 33 heavy (non-hydrogen) atoms. The zero-order valence-electron chi connectivity index (χ0n) is 20.5. The van der Waals surface area contributed by atoms with E-state index < -0.39 is 41.6 Å². The van der Waals surface area contributed by atoms with Gasteiger partial charge >= 0.3 is 0 Å². The van der Waals surface area contributed by atoms with Crippen LogP contribution in [0.1, 0.15) is 73.1 Å². The third-order valence-corrected chi connectivity index (χ3v) is 5.70. The van der Waals surface area contributed by atoms with E-state index >= 15 is 0 Å². The largest absolute Gasteiger partial charge is 0.354 e. The lowest BCUT2D eigenvalue weighted by Gasteiger charge is -2.20. The molecule has 9 nitrogen and oxygen atoms in total. The molecule has 0 aromatic carbocycles. The van der Waals surface area contributed by atoms with Gasteiger partial charge in [0.1, 0.15) is 12.1 Å². The standard InChI is InChI=1S/C24H40N4O5/c1-6-16(4)10-7-8-12-20(29)27-18-11-9-13-25-22(31)19(14-15(2)3)28-24(33)21(30)17(5)26-23(18)32/h8,12,15-19H,6-7,9-11,13-14H2,1-5H3,(H,25,31)(H,26,32)(H,27,29)(H,28,33)/b12-8+/t16?,17-,18-,19-/m0/s1. The summed E-state index contributed by atoms with van der Waals surface area (Å²) in [7, 11) is 0. The van der Waals surface area contributed by atoms with Crippen molar-refractivity contribution >= 4 is 29.4 Å². The smallest absolute Gasteiger partial charge is 0.290 e. The Morgan fingerprint density at radius 1 is 1.12 bits per heavy atom. The summed E-state index contributed by atoms with van der Waals surface area (Å²) >= 11 is 0. The first kappa shape index (κ1) is 28.3. The zero-order valence-corrected chi connectivity index (χ0v) is 20.5. The molecular weight excluding hydrogens is 424 g/mol. The Kier molecular flexibility index (Phi) is 12.4. The minimum absolute atomic E-state index is 0.127. The number of carbonyl (C=O) groups excluding carboxylic acids is 5. The van der Waals surface area contributed by atoms with Crippen molar-refractivity contribution in [1.29, 1.82) is 0 Å². The van der Waals surface area contributed by atoms with Gasteiger partial charge in [-0.3, -0.25) is 24.0 Å². The Morgan fingerprint density at radius 3 is 2.45 bits per heavy atom. The van der Waals surface area contributed by atoms with Crippen LogP contribution in [0.5, 0.6) is 0 Å². The van der Waals surface area contributed by atoms with Gasteiger partial charge < -0.3 is 21.3 Å². The van der Waals surface area contributed by atoms with Crippen molar-refractivity contribution in [1.82, 2.24) is 21.3 Å². The highest BCUT2D eigenvalue weighted by Crippen LogP contribution is 2.10. The maximum Gasteiger partial charge on any atom is 0.290 e. The highest BCUT2D eigenvalue weighted by molar-refractivity contribution is 6.38. The molecule has 0 spiro atoms. The number of rotatable bonds is 8. The molecular formula is C24H40N4O5. The summed E-state index contributed by atoms with van der Waals surface area (Å²) < 4.78 is 0. The second kappa shape index (κ2) is 14.4. The summed E-state index contributed by atoms with van der Waals surface area (Å²) in [6.45, 7) is 9.78. The van der Waals surface area contributed by atoms with E-state index in [9.17, 15) is 24.0 Å². The van der Waals surface area contributed by atoms with E-state index in [1.54, 1.807) is 6.08 Å². The highest BCUT2D eigenvalue weighted by Gasteiger charge is 2.30. The number of amides is 4. The van der Waals surface area contributed by atoms with E-state index in [-0.39, 0.29) is 24.8 Å². The van der Waals surface area contributed by atoms with E-state index in [0.29, 0.717) is 18.8 Å². The average Bonchev–Trinajstić information content (AvgIpc) is 2.76. The lowest BCUT2D eigenvalue weighted by molar-refractivity contribution is -0.141. The molecule has 0 aromatic heterocycles. The van der Waals surface area contributed by atoms with Gasteiger partial charge in [-0.1, -0.05) is 40.2 Å². The maximum atomic E-state index is 12.7. The molecule has 0 radical (unpaired) electrons. The molecule has 0 bridgehead atoms. The number of ketones is 1. The van der Waals surface area contributed by atoms with Gasteiger partial charge in [0, 0.05) is 6.54 Å². The second-order valence-electron chi connectivity index (χ2n) is 9.24. The van der Waals surface area contributed by atoms with Crippen molar-refractivity contribution in [3.8, 4) is 0 Å². The van der Waals surface area contributed by atoms with Gasteiger partial charge in [-0.05, 0) is 56.9 Å². The van der Waals surface area contributed by atoms with Gasteiger partial charge in [-0.15, -0.1) is 0 Å². The Balaban J connectivity index is 2.87. The maximum absolute atomic E-state index is 12.7. The van der Waals surface area contributed by atoms with Crippen LogP contribution in [-0.4, -0.2) is 54.1 Å². The summed E-state index contributed by atoms with van der Waals surface area (Å²) in [5, 5.41) is 10.4. The number of carbonyl (C=O) groups is 5. The molecule has 1 saturated heterocycles.